The third-order valence-corrected chi connectivity index (χ3v) is 3.05. The fourth-order valence-electron chi connectivity index (χ4n) is 2.00. The molecule has 0 aliphatic carbocycles. The van der Waals surface area contributed by atoms with Gasteiger partial charge in [-0.2, -0.15) is 0 Å². The van der Waals surface area contributed by atoms with Crippen LogP contribution in [0.4, 0.5) is 0 Å². The zero-order chi connectivity index (χ0) is 15.3. The molecule has 2 N–H and O–H groups in total. The van der Waals surface area contributed by atoms with Gasteiger partial charge in [0.05, 0.1) is 31.5 Å². The van der Waals surface area contributed by atoms with E-state index in [1.165, 1.54) is 0 Å². The molecule has 0 fully saturated rings. The number of fused-ring (bicyclic) bond motifs is 1. The standard InChI is InChI=1S/C16H25NO4/c1-16(2,3)21-9-6-18-11-13(17)12-4-5-14-15(10-12)20-8-7-19-14/h4-5,10,13H,6-9,11,17H2,1-3H3. The lowest BCUT2D eigenvalue weighted by atomic mass is 10.1. The molecule has 1 aliphatic rings. The maximum Gasteiger partial charge on any atom is 0.161 e. The van der Waals surface area contributed by atoms with E-state index in [1.54, 1.807) is 0 Å². The smallest absolute Gasteiger partial charge is 0.161 e. The van der Waals surface area contributed by atoms with Gasteiger partial charge < -0.3 is 24.7 Å². The summed E-state index contributed by atoms with van der Waals surface area (Å²) in [5.41, 5.74) is 6.98. The normalized spacial score (nSPS) is 15.8. The highest BCUT2D eigenvalue weighted by Gasteiger charge is 2.15. The summed E-state index contributed by atoms with van der Waals surface area (Å²) in [6, 6.07) is 5.59. The third-order valence-electron chi connectivity index (χ3n) is 3.05. The molecule has 118 valence electrons. The molecule has 1 unspecified atom stereocenters. The quantitative estimate of drug-likeness (QED) is 0.816. The monoisotopic (exact) mass is 295 g/mol. The van der Waals surface area contributed by atoms with Crippen LogP contribution < -0.4 is 15.2 Å². The van der Waals surface area contributed by atoms with Gasteiger partial charge in [-0.25, -0.2) is 0 Å². The Hall–Kier alpha value is -1.30. The van der Waals surface area contributed by atoms with Gasteiger partial charge >= 0.3 is 0 Å². The molecule has 0 aromatic heterocycles. The molecular formula is C16H25NO4. The molecule has 1 atom stereocenters. The largest absolute Gasteiger partial charge is 0.486 e. The van der Waals surface area contributed by atoms with Crippen molar-refractivity contribution in [3.8, 4) is 11.5 Å². The minimum atomic E-state index is -0.185. The van der Waals surface area contributed by atoms with Crippen LogP contribution >= 0.6 is 0 Å². The predicted octanol–water partition coefficient (Wildman–Crippen LogP) is 2.29. The lowest BCUT2D eigenvalue weighted by Gasteiger charge is -2.21. The van der Waals surface area contributed by atoms with Crippen molar-refractivity contribution in [3.63, 3.8) is 0 Å². The molecule has 0 spiro atoms. The summed E-state index contributed by atoms with van der Waals surface area (Å²) >= 11 is 0. The number of benzene rings is 1. The molecule has 5 nitrogen and oxygen atoms in total. The Morgan fingerprint density at radius 3 is 2.57 bits per heavy atom. The van der Waals surface area contributed by atoms with Gasteiger partial charge in [0.15, 0.2) is 11.5 Å². The molecule has 1 aromatic carbocycles. The second kappa shape index (κ2) is 7.11. The molecule has 0 amide bonds. The van der Waals surface area contributed by atoms with E-state index in [2.05, 4.69) is 0 Å². The third kappa shape index (κ3) is 5.19. The van der Waals surface area contributed by atoms with Crippen LogP contribution in [0.3, 0.4) is 0 Å². The summed E-state index contributed by atoms with van der Waals surface area (Å²) in [4.78, 5) is 0. The molecule has 1 heterocycles. The van der Waals surface area contributed by atoms with Crippen LogP contribution in [0, 0.1) is 0 Å². The molecule has 2 rings (SSSR count). The first-order chi connectivity index (χ1) is 9.96. The first-order valence-electron chi connectivity index (χ1n) is 7.32. The molecule has 1 aliphatic heterocycles. The van der Waals surface area contributed by atoms with E-state index in [1.807, 2.05) is 39.0 Å². The minimum Gasteiger partial charge on any atom is -0.486 e. The molecule has 0 saturated carbocycles. The van der Waals surface area contributed by atoms with E-state index in [9.17, 15) is 0 Å². The maximum atomic E-state index is 6.13. The first kappa shape index (κ1) is 16.1. The zero-order valence-electron chi connectivity index (χ0n) is 13.1. The average Bonchev–Trinajstić information content (AvgIpc) is 2.45. The van der Waals surface area contributed by atoms with E-state index in [0.29, 0.717) is 33.0 Å². The van der Waals surface area contributed by atoms with E-state index >= 15 is 0 Å². The number of hydrogen-bond acceptors (Lipinski definition) is 5. The fraction of sp³-hybridized carbons (Fsp3) is 0.625. The van der Waals surface area contributed by atoms with E-state index in [-0.39, 0.29) is 11.6 Å². The Morgan fingerprint density at radius 2 is 1.86 bits per heavy atom. The van der Waals surface area contributed by atoms with Gasteiger partial charge in [0.25, 0.3) is 0 Å². The highest BCUT2D eigenvalue weighted by atomic mass is 16.6. The molecule has 21 heavy (non-hydrogen) atoms. The molecule has 1 aromatic rings. The van der Waals surface area contributed by atoms with Crippen LogP contribution in [-0.2, 0) is 9.47 Å². The molecule has 0 saturated heterocycles. The first-order valence-corrected chi connectivity index (χ1v) is 7.32. The van der Waals surface area contributed by atoms with Crippen molar-refractivity contribution in [1.82, 2.24) is 0 Å². The summed E-state index contributed by atoms with van der Waals surface area (Å²) < 4.78 is 22.2. The number of ether oxygens (including phenoxy) is 4. The van der Waals surface area contributed by atoms with E-state index < -0.39 is 0 Å². The lowest BCUT2D eigenvalue weighted by Crippen LogP contribution is -2.24. The van der Waals surface area contributed by atoms with E-state index in [4.69, 9.17) is 24.7 Å². The van der Waals surface area contributed by atoms with E-state index in [0.717, 1.165) is 17.1 Å². The lowest BCUT2D eigenvalue weighted by molar-refractivity contribution is -0.0363. The Morgan fingerprint density at radius 1 is 1.14 bits per heavy atom. The Kier molecular flexibility index (Phi) is 5.45. The summed E-state index contributed by atoms with van der Waals surface area (Å²) in [5, 5.41) is 0. The highest BCUT2D eigenvalue weighted by molar-refractivity contribution is 5.44. The van der Waals surface area contributed by atoms with Crippen molar-refractivity contribution >= 4 is 0 Å². The van der Waals surface area contributed by atoms with Crippen molar-refractivity contribution in [2.75, 3.05) is 33.0 Å². The minimum absolute atomic E-state index is 0.138. The van der Waals surface area contributed by atoms with Crippen LogP contribution in [0.25, 0.3) is 0 Å². The average molecular weight is 295 g/mol. The van der Waals surface area contributed by atoms with Gasteiger partial charge in [-0.15, -0.1) is 0 Å². The van der Waals surface area contributed by atoms with Gasteiger partial charge in [-0.3, -0.25) is 0 Å². The van der Waals surface area contributed by atoms with Crippen molar-refractivity contribution < 1.29 is 18.9 Å². The predicted molar refractivity (Wildman–Crippen MR) is 80.9 cm³/mol. The SMILES string of the molecule is CC(C)(C)OCCOCC(N)c1ccc2c(c1)OCCO2. The topological polar surface area (TPSA) is 62.9 Å². The van der Waals surface area contributed by atoms with Crippen LogP contribution in [0.15, 0.2) is 18.2 Å². The Balaban J connectivity index is 1.77. The van der Waals surface area contributed by atoms with Crippen molar-refractivity contribution in [2.45, 2.75) is 32.4 Å². The van der Waals surface area contributed by atoms with Crippen LogP contribution in [-0.4, -0.2) is 38.6 Å². The van der Waals surface area contributed by atoms with Gasteiger partial charge in [0.1, 0.15) is 13.2 Å². The van der Waals surface area contributed by atoms with Crippen LogP contribution in [0.5, 0.6) is 11.5 Å². The Labute approximate surface area is 126 Å². The van der Waals surface area contributed by atoms with Crippen LogP contribution in [0.1, 0.15) is 32.4 Å². The molecule has 0 radical (unpaired) electrons. The van der Waals surface area contributed by atoms with Crippen molar-refractivity contribution in [2.24, 2.45) is 5.73 Å². The van der Waals surface area contributed by atoms with Gasteiger partial charge in [-0.1, -0.05) is 6.07 Å². The molecular weight excluding hydrogens is 270 g/mol. The summed E-state index contributed by atoms with van der Waals surface area (Å²) in [7, 11) is 0. The zero-order valence-corrected chi connectivity index (χ0v) is 13.1. The maximum absolute atomic E-state index is 6.13. The second-order valence-electron chi connectivity index (χ2n) is 6.05. The summed E-state index contributed by atoms with van der Waals surface area (Å²) in [6.45, 7) is 8.79. The number of hydrogen-bond donors (Lipinski definition) is 1. The molecule has 5 heteroatoms. The molecule has 0 bridgehead atoms. The second-order valence-corrected chi connectivity index (χ2v) is 6.05. The van der Waals surface area contributed by atoms with Crippen LogP contribution in [0.2, 0.25) is 0 Å². The number of rotatable bonds is 6. The number of nitrogens with two attached hydrogens (primary N) is 1. The summed E-state index contributed by atoms with van der Waals surface area (Å²) in [5.74, 6) is 1.53. The summed E-state index contributed by atoms with van der Waals surface area (Å²) in [6.07, 6.45) is 0. The Bertz CT molecular complexity index is 456. The van der Waals surface area contributed by atoms with Crippen molar-refractivity contribution in [1.29, 1.82) is 0 Å². The van der Waals surface area contributed by atoms with Crippen molar-refractivity contribution in [3.05, 3.63) is 23.8 Å². The van der Waals surface area contributed by atoms with Gasteiger partial charge in [0.2, 0.25) is 0 Å². The van der Waals surface area contributed by atoms with Gasteiger partial charge in [-0.05, 0) is 38.5 Å². The highest BCUT2D eigenvalue weighted by Crippen LogP contribution is 2.32. The fourth-order valence-corrected chi connectivity index (χ4v) is 2.00. The van der Waals surface area contributed by atoms with Gasteiger partial charge in [0, 0.05) is 0 Å².